The van der Waals surface area contributed by atoms with Crippen LogP contribution in [0.15, 0.2) is 47.4 Å². The Bertz CT molecular complexity index is 1050. The molecule has 0 aromatic heterocycles. The van der Waals surface area contributed by atoms with Crippen molar-refractivity contribution in [3.05, 3.63) is 63.6 Å². The minimum absolute atomic E-state index is 0.0524. The average molecular weight is 470 g/mol. The Balaban J connectivity index is 1.80. The van der Waals surface area contributed by atoms with E-state index in [2.05, 4.69) is 6.92 Å². The number of esters is 1. The first-order valence-electron chi connectivity index (χ1n) is 9.44. The van der Waals surface area contributed by atoms with E-state index in [1.165, 1.54) is 10.4 Å². The van der Waals surface area contributed by atoms with Crippen LogP contribution in [0.2, 0.25) is 10.0 Å². The molecule has 1 aliphatic rings. The lowest BCUT2D eigenvalue weighted by molar-refractivity contribution is 0.0474. The fraction of sp³-hybridized carbons (Fsp3) is 0.333. The van der Waals surface area contributed by atoms with Crippen LogP contribution >= 0.6 is 23.2 Å². The molecule has 0 bridgehead atoms. The maximum Gasteiger partial charge on any atom is 0.340 e. The molecule has 1 fully saturated rings. The van der Waals surface area contributed by atoms with Gasteiger partial charge in [-0.15, -0.1) is 0 Å². The predicted molar refractivity (Wildman–Crippen MR) is 115 cm³/mol. The van der Waals surface area contributed by atoms with Gasteiger partial charge < -0.3 is 4.74 Å². The summed E-state index contributed by atoms with van der Waals surface area (Å²) >= 11 is 12.3. The summed E-state index contributed by atoms with van der Waals surface area (Å²) in [5, 5.41) is -0.126. The van der Waals surface area contributed by atoms with Gasteiger partial charge in [0.2, 0.25) is 10.0 Å². The number of hydrogen-bond acceptors (Lipinski definition) is 5. The number of carbonyl (C=O) groups excluding carboxylic acids is 2. The van der Waals surface area contributed by atoms with Crippen molar-refractivity contribution >= 4 is 45.0 Å². The molecule has 0 atom stereocenters. The molecule has 1 aliphatic heterocycles. The topological polar surface area (TPSA) is 80.8 Å². The third-order valence-corrected chi connectivity index (χ3v) is 7.71. The van der Waals surface area contributed by atoms with Gasteiger partial charge in [-0.2, -0.15) is 4.31 Å². The van der Waals surface area contributed by atoms with Gasteiger partial charge in [0.25, 0.3) is 0 Å². The normalized spacial score (nSPS) is 15.7. The second-order valence-electron chi connectivity index (χ2n) is 7.21. The van der Waals surface area contributed by atoms with E-state index in [1.807, 2.05) is 0 Å². The van der Waals surface area contributed by atoms with Crippen molar-refractivity contribution in [1.29, 1.82) is 0 Å². The van der Waals surface area contributed by atoms with Crippen molar-refractivity contribution in [3.63, 3.8) is 0 Å². The van der Waals surface area contributed by atoms with Crippen LogP contribution in [0, 0.1) is 5.92 Å². The summed E-state index contributed by atoms with van der Waals surface area (Å²) in [5.74, 6) is -0.834. The quantitative estimate of drug-likeness (QED) is 0.460. The summed E-state index contributed by atoms with van der Waals surface area (Å²) < 4.78 is 32.5. The maximum absolute atomic E-state index is 13.0. The summed E-state index contributed by atoms with van der Waals surface area (Å²) in [6.07, 6.45) is 1.50. The SMILES string of the molecule is CC1CCN(S(=O)(=O)c2cc(C(=O)OCC(=O)c3ccccc3)c(Cl)cc2Cl)CC1. The molecule has 0 spiro atoms. The summed E-state index contributed by atoms with van der Waals surface area (Å²) in [5.41, 5.74) is 0.237. The first kappa shape index (κ1) is 22.7. The largest absolute Gasteiger partial charge is 0.454 e. The number of ketones is 1. The van der Waals surface area contributed by atoms with Gasteiger partial charge in [0.05, 0.1) is 15.6 Å². The molecule has 3 rings (SSSR count). The van der Waals surface area contributed by atoms with E-state index < -0.39 is 22.6 Å². The molecule has 2 aromatic rings. The fourth-order valence-electron chi connectivity index (χ4n) is 3.16. The van der Waals surface area contributed by atoms with E-state index in [-0.39, 0.29) is 26.3 Å². The third-order valence-electron chi connectivity index (χ3n) is 5.03. The predicted octanol–water partition coefficient (Wildman–Crippen LogP) is 4.45. The van der Waals surface area contributed by atoms with E-state index in [0.29, 0.717) is 24.6 Å². The molecule has 160 valence electrons. The molecule has 9 heteroatoms. The van der Waals surface area contributed by atoms with Crippen molar-refractivity contribution < 1.29 is 22.7 Å². The lowest BCUT2D eigenvalue weighted by Gasteiger charge is -2.29. The molecule has 1 heterocycles. The smallest absolute Gasteiger partial charge is 0.340 e. The van der Waals surface area contributed by atoms with Gasteiger partial charge in [-0.05, 0) is 30.9 Å². The van der Waals surface area contributed by atoms with E-state index in [9.17, 15) is 18.0 Å². The fourth-order valence-corrected chi connectivity index (χ4v) is 5.46. The third kappa shape index (κ3) is 5.03. The minimum atomic E-state index is -3.90. The lowest BCUT2D eigenvalue weighted by atomic mass is 10.0. The Morgan fingerprint density at radius 3 is 2.33 bits per heavy atom. The zero-order valence-electron chi connectivity index (χ0n) is 16.3. The number of Topliss-reactive ketones (excluding diaryl/α,β-unsaturated/α-hetero) is 1. The van der Waals surface area contributed by atoms with Gasteiger partial charge >= 0.3 is 5.97 Å². The highest BCUT2D eigenvalue weighted by Gasteiger charge is 2.31. The Morgan fingerprint density at radius 2 is 1.70 bits per heavy atom. The van der Waals surface area contributed by atoms with Crippen LogP contribution in [0.1, 0.15) is 40.5 Å². The standard InChI is InChI=1S/C21H21Cl2NO5S/c1-14-7-9-24(10-8-14)30(27,28)20-11-16(17(22)12-18(20)23)21(26)29-13-19(25)15-5-3-2-4-6-15/h2-6,11-12,14H,7-10,13H2,1H3. The van der Waals surface area contributed by atoms with Crippen LogP contribution in [-0.2, 0) is 14.8 Å². The average Bonchev–Trinajstić information content (AvgIpc) is 2.72. The molecular formula is C21H21Cl2NO5S. The maximum atomic E-state index is 13.0. The van der Waals surface area contributed by atoms with Crippen LogP contribution in [0.25, 0.3) is 0 Å². The zero-order chi connectivity index (χ0) is 21.9. The summed E-state index contributed by atoms with van der Waals surface area (Å²) in [7, 11) is -3.90. The highest BCUT2D eigenvalue weighted by Crippen LogP contribution is 2.32. The molecule has 0 radical (unpaired) electrons. The van der Waals surface area contributed by atoms with Crippen LogP contribution in [-0.4, -0.2) is 44.2 Å². The summed E-state index contributed by atoms with van der Waals surface area (Å²) in [4.78, 5) is 24.4. The van der Waals surface area contributed by atoms with E-state index >= 15 is 0 Å². The number of hydrogen-bond donors (Lipinski definition) is 0. The van der Waals surface area contributed by atoms with E-state index in [1.54, 1.807) is 30.3 Å². The Morgan fingerprint density at radius 1 is 1.07 bits per heavy atom. The van der Waals surface area contributed by atoms with Crippen LogP contribution < -0.4 is 0 Å². The van der Waals surface area contributed by atoms with Crippen molar-refractivity contribution in [2.75, 3.05) is 19.7 Å². The second-order valence-corrected chi connectivity index (χ2v) is 9.94. The van der Waals surface area contributed by atoms with Crippen molar-refractivity contribution in [2.45, 2.75) is 24.7 Å². The van der Waals surface area contributed by atoms with Gasteiger partial charge in [0, 0.05) is 18.7 Å². The lowest BCUT2D eigenvalue weighted by Crippen LogP contribution is -2.38. The number of rotatable bonds is 6. The first-order valence-corrected chi connectivity index (χ1v) is 11.6. The van der Waals surface area contributed by atoms with Crippen molar-refractivity contribution in [2.24, 2.45) is 5.92 Å². The number of benzene rings is 2. The minimum Gasteiger partial charge on any atom is -0.454 e. The zero-order valence-corrected chi connectivity index (χ0v) is 18.6. The van der Waals surface area contributed by atoms with Gasteiger partial charge in [0.15, 0.2) is 12.4 Å². The molecule has 30 heavy (non-hydrogen) atoms. The Kier molecular flexibility index (Phi) is 7.18. The summed E-state index contributed by atoms with van der Waals surface area (Å²) in [6, 6.07) is 10.7. The highest BCUT2D eigenvalue weighted by atomic mass is 35.5. The number of sulfonamides is 1. The van der Waals surface area contributed by atoms with Gasteiger partial charge in [-0.1, -0.05) is 60.5 Å². The summed E-state index contributed by atoms with van der Waals surface area (Å²) in [6.45, 7) is 2.35. The molecule has 0 N–H and O–H groups in total. The Labute approximate surface area is 185 Å². The van der Waals surface area contributed by atoms with Crippen molar-refractivity contribution in [3.8, 4) is 0 Å². The van der Waals surface area contributed by atoms with Crippen molar-refractivity contribution in [1.82, 2.24) is 4.31 Å². The number of halogens is 2. The van der Waals surface area contributed by atoms with Crippen LogP contribution in [0.5, 0.6) is 0 Å². The molecule has 0 amide bonds. The number of carbonyl (C=O) groups is 2. The number of piperidine rings is 1. The molecule has 2 aromatic carbocycles. The monoisotopic (exact) mass is 469 g/mol. The number of ether oxygens (including phenoxy) is 1. The van der Waals surface area contributed by atoms with E-state index in [0.717, 1.165) is 18.9 Å². The molecule has 0 aliphatic carbocycles. The number of nitrogens with zero attached hydrogens (tertiary/aromatic N) is 1. The van der Waals surface area contributed by atoms with Crippen LogP contribution in [0.3, 0.4) is 0 Å². The van der Waals surface area contributed by atoms with Gasteiger partial charge in [0.1, 0.15) is 4.90 Å². The molecular weight excluding hydrogens is 449 g/mol. The van der Waals surface area contributed by atoms with E-state index in [4.69, 9.17) is 27.9 Å². The highest BCUT2D eigenvalue weighted by molar-refractivity contribution is 7.89. The molecule has 0 unspecified atom stereocenters. The second kappa shape index (κ2) is 9.47. The molecule has 6 nitrogen and oxygen atoms in total. The molecule has 0 saturated carbocycles. The van der Waals surface area contributed by atoms with Gasteiger partial charge in [-0.25, -0.2) is 13.2 Å². The van der Waals surface area contributed by atoms with Gasteiger partial charge in [-0.3, -0.25) is 4.79 Å². The van der Waals surface area contributed by atoms with Crippen LogP contribution in [0.4, 0.5) is 0 Å². The Hall–Kier alpha value is -1.93. The first-order chi connectivity index (χ1) is 14.2. The molecule has 1 saturated heterocycles.